The number of carbonyl (C=O) groups excluding carboxylic acids is 2. The summed E-state index contributed by atoms with van der Waals surface area (Å²) >= 11 is 3.43. The molecule has 0 saturated heterocycles. The topological polar surface area (TPSA) is 34.1 Å². The van der Waals surface area contributed by atoms with E-state index >= 15 is 0 Å². The van der Waals surface area contributed by atoms with Gasteiger partial charge in [-0.05, 0) is 29.0 Å². The first-order chi connectivity index (χ1) is 10.2. The van der Waals surface area contributed by atoms with E-state index in [9.17, 15) is 9.59 Å². The van der Waals surface area contributed by atoms with Crippen molar-refractivity contribution in [3.8, 4) is 0 Å². The van der Waals surface area contributed by atoms with E-state index in [0.717, 1.165) is 15.2 Å². The van der Waals surface area contributed by atoms with Gasteiger partial charge in [0.05, 0.1) is 0 Å². The molecule has 0 spiro atoms. The molecule has 2 nitrogen and oxygen atoms in total. The Labute approximate surface area is 129 Å². The maximum Gasteiger partial charge on any atom is 0.195 e. The number of carbonyl (C=O) groups is 2. The lowest BCUT2D eigenvalue weighted by Gasteiger charge is -2.19. The molecule has 21 heavy (non-hydrogen) atoms. The summed E-state index contributed by atoms with van der Waals surface area (Å²) in [5, 5.41) is 1.77. The number of benzene rings is 3. The van der Waals surface area contributed by atoms with Gasteiger partial charge in [0, 0.05) is 26.7 Å². The summed E-state index contributed by atoms with van der Waals surface area (Å²) in [5.41, 5.74) is 1.99. The van der Waals surface area contributed by atoms with Crippen molar-refractivity contribution < 1.29 is 9.59 Å². The molecular formula is C18H9BrO2. The molecule has 0 atom stereocenters. The molecule has 1 aliphatic rings. The van der Waals surface area contributed by atoms with Crippen molar-refractivity contribution in [2.75, 3.05) is 0 Å². The molecule has 0 amide bonds. The second-order valence-corrected chi connectivity index (χ2v) is 5.97. The monoisotopic (exact) mass is 336 g/mol. The van der Waals surface area contributed by atoms with Gasteiger partial charge < -0.3 is 0 Å². The van der Waals surface area contributed by atoms with E-state index in [1.54, 1.807) is 30.3 Å². The van der Waals surface area contributed by atoms with Crippen molar-refractivity contribution in [2.24, 2.45) is 0 Å². The number of halogens is 1. The van der Waals surface area contributed by atoms with Crippen molar-refractivity contribution in [1.82, 2.24) is 0 Å². The SMILES string of the molecule is O=C1c2ccccc2C(=O)c2c1ccc1cc(Br)ccc21. The zero-order valence-corrected chi connectivity index (χ0v) is 12.5. The first-order valence-electron chi connectivity index (χ1n) is 6.57. The highest BCUT2D eigenvalue weighted by Gasteiger charge is 2.30. The molecule has 0 unspecified atom stereocenters. The van der Waals surface area contributed by atoms with Crippen molar-refractivity contribution in [3.63, 3.8) is 0 Å². The Hall–Kier alpha value is -2.26. The Kier molecular flexibility index (Phi) is 2.59. The van der Waals surface area contributed by atoms with E-state index in [4.69, 9.17) is 0 Å². The summed E-state index contributed by atoms with van der Waals surface area (Å²) in [7, 11) is 0. The second kappa shape index (κ2) is 4.37. The summed E-state index contributed by atoms with van der Waals surface area (Å²) in [6, 6.07) is 16.4. The van der Waals surface area contributed by atoms with Crippen LogP contribution in [0.15, 0.2) is 59.1 Å². The first kappa shape index (κ1) is 12.5. The molecular weight excluding hydrogens is 328 g/mol. The largest absolute Gasteiger partial charge is 0.289 e. The van der Waals surface area contributed by atoms with Crippen molar-refractivity contribution in [3.05, 3.63) is 81.3 Å². The fourth-order valence-electron chi connectivity index (χ4n) is 2.89. The van der Waals surface area contributed by atoms with E-state index in [0.29, 0.717) is 22.3 Å². The smallest absolute Gasteiger partial charge is 0.195 e. The highest BCUT2D eigenvalue weighted by atomic mass is 79.9. The van der Waals surface area contributed by atoms with Crippen LogP contribution in [-0.4, -0.2) is 11.6 Å². The van der Waals surface area contributed by atoms with Crippen LogP contribution < -0.4 is 0 Å². The van der Waals surface area contributed by atoms with Gasteiger partial charge in [0.25, 0.3) is 0 Å². The van der Waals surface area contributed by atoms with Gasteiger partial charge in [-0.15, -0.1) is 0 Å². The summed E-state index contributed by atoms with van der Waals surface area (Å²) < 4.78 is 0.949. The highest BCUT2D eigenvalue weighted by Crippen LogP contribution is 2.33. The maximum absolute atomic E-state index is 12.8. The Balaban J connectivity index is 2.11. The van der Waals surface area contributed by atoms with Crippen molar-refractivity contribution >= 4 is 38.3 Å². The van der Waals surface area contributed by atoms with Crippen LogP contribution in [0, 0.1) is 0 Å². The van der Waals surface area contributed by atoms with Crippen LogP contribution in [-0.2, 0) is 0 Å². The van der Waals surface area contributed by atoms with Crippen LogP contribution in [0.5, 0.6) is 0 Å². The number of hydrogen-bond donors (Lipinski definition) is 0. The molecule has 0 aliphatic heterocycles. The highest BCUT2D eigenvalue weighted by molar-refractivity contribution is 9.10. The molecule has 0 fully saturated rings. The van der Waals surface area contributed by atoms with Gasteiger partial charge in [-0.3, -0.25) is 9.59 Å². The fourth-order valence-corrected chi connectivity index (χ4v) is 3.27. The van der Waals surface area contributed by atoms with Crippen LogP contribution in [0.25, 0.3) is 10.8 Å². The summed E-state index contributed by atoms with van der Waals surface area (Å²) in [4.78, 5) is 25.4. The summed E-state index contributed by atoms with van der Waals surface area (Å²) in [6.45, 7) is 0. The zero-order valence-electron chi connectivity index (χ0n) is 10.9. The van der Waals surface area contributed by atoms with Crippen molar-refractivity contribution in [2.45, 2.75) is 0 Å². The van der Waals surface area contributed by atoms with E-state index in [-0.39, 0.29) is 11.6 Å². The molecule has 0 aromatic heterocycles. The minimum atomic E-state index is -0.0787. The molecule has 0 radical (unpaired) electrons. The number of ketones is 2. The molecule has 100 valence electrons. The Bertz CT molecular complexity index is 941. The molecule has 3 heteroatoms. The lowest BCUT2D eigenvalue weighted by molar-refractivity contribution is 0.0980. The lowest BCUT2D eigenvalue weighted by Crippen LogP contribution is -2.21. The van der Waals surface area contributed by atoms with Gasteiger partial charge >= 0.3 is 0 Å². The molecule has 0 saturated carbocycles. The standard InChI is InChI=1S/C18H9BrO2/c19-11-6-8-12-10(9-11)5-7-15-16(12)18(21)14-4-2-1-3-13(14)17(15)20/h1-9H. The van der Waals surface area contributed by atoms with Crippen LogP contribution in [0.2, 0.25) is 0 Å². The molecule has 1 aliphatic carbocycles. The third kappa shape index (κ3) is 1.71. The van der Waals surface area contributed by atoms with Crippen LogP contribution >= 0.6 is 15.9 Å². The number of fused-ring (bicyclic) bond motifs is 4. The molecule has 0 heterocycles. The van der Waals surface area contributed by atoms with Crippen LogP contribution in [0.3, 0.4) is 0 Å². The van der Waals surface area contributed by atoms with Gasteiger partial charge in [0.2, 0.25) is 0 Å². The first-order valence-corrected chi connectivity index (χ1v) is 7.37. The normalized spacial score (nSPS) is 13.2. The minimum absolute atomic E-state index is 0.0758. The third-order valence-electron chi connectivity index (χ3n) is 3.87. The summed E-state index contributed by atoms with van der Waals surface area (Å²) in [5.74, 6) is -0.154. The average Bonchev–Trinajstić information content (AvgIpc) is 2.51. The Morgan fingerprint density at radius 1 is 0.714 bits per heavy atom. The second-order valence-electron chi connectivity index (χ2n) is 5.06. The van der Waals surface area contributed by atoms with E-state index in [1.165, 1.54) is 0 Å². The van der Waals surface area contributed by atoms with Crippen molar-refractivity contribution in [1.29, 1.82) is 0 Å². The van der Waals surface area contributed by atoms with Gasteiger partial charge in [-0.1, -0.05) is 52.3 Å². The lowest BCUT2D eigenvalue weighted by atomic mass is 9.82. The van der Waals surface area contributed by atoms with Crippen LogP contribution in [0.1, 0.15) is 31.8 Å². The zero-order chi connectivity index (χ0) is 14.6. The fraction of sp³-hybridized carbons (Fsp3) is 0. The van der Waals surface area contributed by atoms with Gasteiger partial charge in [0.1, 0.15) is 0 Å². The van der Waals surface area contributed by atoms with E-state index < -0.39 is 0 Å². The minimum Gasteiger partial charge on any atom is -0.289 e. The van der Waals surface area contributed by atoms with E-state index in [2.05, 4.69) is 15.9 Å². The Morgan fingerprint density at radius 3 is 2.19 bits per heavy atom. The predicted molar refractivity (Wildman–Crippen MR) is 85.0 cm³/mol. The maximum atomic E-state index is 12.8. The third-order valence-corrected chi connectivity index (χ3v) is 4.36. The predicted octanol–water partition coefficient (Wildman–Crippen LogP) is 4.38. The van der Waals surface area contributed by atoms with E-state index in [1.807, 2.05) is 24.3 Å². The molecule has 4 rings (SSSR count). The molecule has 0 bridgehead atoms. The van der Waals surface area contributed by atoms with Gasteiger partial charge in [-0.25, -0.2) is 0 Å². The Morgan fingerprint density at radius 2 is 1.43 bits per heavy atom. The molecule has 3 aromatic rings. The van der Waals surface area contributed by atoms with Crippen LogP contribution in [0.4, 0.5) is 0 Å². The quantitative estimate of drug-likeness (QED) is 0.477. The van der Waals surface area contributed by atoms with Gasteiger partial charge in [0.15, 0.2) is 11.6 Å². The molecule has 3 aromatic carbocycles. The average molecular weight is 337 g/mol. The number of hydrogen-bond acceptors (Lipinski definition) is 2. The molecule has 0 N–H and O–H groups in total. The number of rotatable bonds is 0. The summed E-state index contributed by atoms with van der Waals surface area (Å²) in [6.07, 6.45) is 0. The van der Waals surface area contributed by atoms with Gasteiger partial charge in [-0.2, -0.15) is 0 Å².